The highest BCUT2D eigenvalue weighted by molar-refractivity contribution is 8.18. The molecule has 35 heavy (non-hydrogen) atoms. The lowest BCUT2D eigenvalue weighted by Crippen LogP contribution is -2.37. The van der Waals surface area contributed by atoms with Crippen molar-refractivity contribution in [1.82, 2.24) is 14.5 Å². The molecule has 2 fully saturated rings. The van der Waals surface area contributed by atoms with Crippen LogP contribution in [0.25, 0.3) is 6.08 Å². The maximum Gasteiger partial charge on any atom is 0.293 e. The third-order valence-corrected chi connectivity index (χ3v) is 8.77. The van der Waals surface area contributed by atoms with Crippen LogP contribution >= 0.6 is 23.4 Å². The first-order valence-electron chi connectivity index (χ1n) is 11.1. The van der Waals surface area contributed by atoms with Gasteiger partial charge in [0.1, 0.15) is 0 Å². The molecular formula is C24H24ClN3O5S2. The van der Waals surface area contributed by atoms with Gasteiger partial charge in [-0.1, -0.05) is 36.2 Å². The zero-order chi connectivity index (χ0) is 25.0. The molecule has 4 rings (SSSR count). The molecule has 8 nitrogen and oxygen atoms in total. The van der Waals surface area contributed by atoms with Gasteiger partial charge in [0.2, 0.25) is 10.0 Å². The number of rotatable bonds is 7. The SMILES string of the molecule is O=C(NCCN1C(=O)S/C(=C\c2ccc(Cl)cc2)C1=O)c1cccc(S(=O)(=O)N2CCCCC2)c1. The van der Waals surface area contributed by atoms with Gasteiger partial charge in [-0.2, -0.15) is 4.31 Å². The summed E-state index contributed by atoms with van der Waals surface area (Å²) < 4.78 is 27.2. The minimum Gasteiger partial charge on any atom is -0.350 e. The summed E-state index contributed by atoms with van der Waals surface area (Å²) in [5.74, 6) is -0.914. The first-order chi connectivity index (χ1) is 16.8. The standard InChI is InChI=1S/C24H24ClN3O5S2/c25-19-9-7-17(8-10-19)15-21-23(30)28(24(31)34-21)14-11-26-22(29)18-5-4-6-20(16-18)35(32,33)27-12-2-1-3-13-27/h4-10,15-16H,1-3,11-14H2,(H,26,29)/b21-15-. The van der Waals surface area contributed by atoms with Gasteiger partial charge in [0.05, 0.1) is 9.80 Å². The average molecular weight is 534 g/mol. The Balaban J connectivity index is 1.36. The number of imide groups is 1. The fourth-order valence-electron chi connectivity index (χ4n) is 3.84. The van der Waals surface area contributed by atoms with E-state index in [1.54, 1.807) is 30.3 Å². The van der Waals surface area contributed by atoms with Gasteiger partial charge in [-0.05, 0) is 66.6 Å². The van der Waals surface area contributed by atoms with Gasteiger partial charge < -0.3 is 5.32 Å². The van der Waals surface area contributed by atoms with E-state index in [2.05, 4.69) is 5.32 Å². The van der Waals surface area contributed by atoms with Crippen molar-refractivity contribution in [3.63, 3.8) is 0 Å². The summed E-state index contributed by atoms with van der Waals surface area (Å²) in [5, 5.41) is 2.81. The van der Waals surface area contributed by atoms with E-state index in [0.717, 1.165) is 41.5 Å². The largest absolute Gasteiger partial charge is 0.350 e. The predicted octanol–water partition coefficient (Wildman–Crippen LogP) is 3.98. The first-order valence-corrected chi connectivity index (χ1v) is 13.8. The molecule has 2 aromatic rings. The molecule has 0 bridgehead atoms. The van der Waals surface area contributed by atoms with E-state index in [0.29, 0.717) is 23.0 Å². The van der Waals surface area contributed by atoms with E-state index in [1.165, 1.54) is 28.6 Å². The molecule has 2 aromatic carbocycles. The van der Waals surface area contributed by atoms with Gasteiger partial charge in [-0.15, -0.1) is 0 Å². The molecular weight excluding hydrogens is 510 g/mol. The summed E-state index contributed by atoms with van der Waals surface area (Å²) in [6.07, 6.45) is 4.27. The van der Waals surface area contributed by atoms with Crippen LogP contribution in [-0.4, -0.2) is 60.9 Å². The van der Waals surface area contributed by atoms with Gasteiger partial charge in [-0.25, -0.2) is 8.42 Å². The van der Waals surface area contributed by atoms with Gasteiger partial charge in [0.25, 0.3) is 17.1 Å². The number of hydrogen-bond donors (Lipinski definition) is 1. The molecule has 11 heteroatoms. The van der Waals surface area contributed by atoms with Crippen LogP contribution in [0.3, 0.4) is 0 Å². The number of amides is 3. The summed E-state index contributed by atoms with van der Waals surface area (Å²) in [4.78, 5) is 39.0. The third kappa shape index (κ3) is 5.95. The maximum absolute atomic E-state index is 12.9. The van der Waals surface area contributed by atoms with Crippen molar-refractivity contribution in [1.29, 1.82) is 0 Å². The summed E-state index contributed by atoms with van der Waals surface area (Å²) in [6, 6.07) is 12.8. The molecule has 0 atom stereocenters. The van der Waals surface area contributed by atoms with Gasteiger partial charge in [0.15, 0.2) is 0 Å². The van der Waals surface area contributed by atoms with Crippen molar-refractivity contribution >= 4 is 56.5 Å². The monoisotopic (exact) mass is 533 g/mol. The molecule has 0 saturated carbocycles. The molecule has 1 N–H and O–H groups in total. The number of carbonyl (C=O) groups excluding carboxylic acids is 3. The molecule has 0 radical (unpaired) electrons. The Labute approximate surface area is 213 Å². The van der Waals surface area contributed by atoms with Crippen molar-refractivity contribution in [3.05, 3.63) is 69.6 Å². The van der Waals surface area contributed by atoms with Crippen LogP contribution in [0.4, 0.5) is 4.79 Å². The number of carbonyl (C=O) groups is 3. The predicted molar refractivity (Wildman–Crippen MR) is 136 cm³/mol. The molecule has 184 valence electrons. The van der Waals surface area contributed by atoms with Crippen LogP contribution < -0.4 is 5.32 Å². The van der Waals surface area contributed by atoms with Crippen molar-refractivity contribution in [2.45, 2.75) is 24.2 Å². The summed E-state index contributed by atoms with van der Waals surface area (Å²) in [6.45, 7) is 0.987. The lowest BCUT2D eigenvalue weighted by atomic mass is 10.2. The van der Waals surface area contributed by atoms with Gasteiger partial charge in [-0.3, -0.25) is 19.3 Å². The Bertz CT molecular complexity index is 1270. The minimum atomic E-state index is -3.66. The number of piperidine rings is 1. The molecule has 0 unspecified atom stereocenters. The topological polar surface area (TPSA) is 104 Å². The van der Waals surface area contributed by atoms with E-state index < -0.39 is 27.1 Å². The Morgan fingerprint density at radius 1 is 1.06 bits per heavy atom. The van der Waals surface area contributed by atoms with Crippen LogP contribution in [0.1, 0.15) is 35.2 Å². The van der Waals surface area contributed by atoms with E-state index in [9.17, 15) is 22.8 Å². The fraction of sp³-hybridized carbons (Fsp3) is 0.292. The number of nitrogens with zero attached hydrogens (tertiary/aromatic N) is 2. The molecule has 0 aromatic heterocycles. The number of hydrogen-bond acceptors (Lipinski definition) is 6. The Morgan fingerprint density at radius 3 is 2.49 bits per heavy atom. The smallest absolute Gasteiger partial charge is 0.293 e. The molecule has 2 saturated heterocycles. The quantitative estimate of drug-likeness (QED) is 0.540. The van der Waals surface area contributed by atoms with Crippen molar-refractivity contribution in [2.75, 3.05) is 26.2 Å². The van der Waals surface area contributed by atoms with Crippen molar-refractivity contribution in [3.8, 4) is 0 Å². The first kappa shape index (κ1) is 25.4. The van der Waals surface area contributed by atoms with Crippen LogP contribution in [0, 0.1) is 0 Å². The van der Waals surface area contributed by atoms with Gasteiger partial charge >= 0.3 is 0 Å². The zero-order valence-electron chi connectivity index (χ0n) is 18.8. The van der Waals surface area contributed by atoms with Crippen molar-refractivity contribution in [2.24, 2.45) is 0 Å². The highest BCUT2D eigenvalue weighted by Crippen LogP contribution is 2.32. The number of sulfonamides is 1. The summed E-state index contributed by atoms with van der Waals surface area (Å²) in [7, 11) is -3.66. The summed E-state index contributed by atoms with van der Waals surface area (Å²) in [5.41, 5.74) is 0.937. The van der Waals surface area contributed by atoms with E-state index in [-0.39, 0.29) is 23.5 Å². The zero-order valence-corrected chi connectivity index (χ0v) is 21.2. The Kier molecular flexibility index (Phi) is 7.95. The number of halogens is 1. The highest BCUT2D eigenvalue weighted by atomic mass is 35.5. The molecule has 0 aliphatic carbocycles. The normalized spacial score (nSPS) is 18.3. The van der Waals surface area contributed by atoms with E-state index in [1.807, 2.05) is 0 Å². The Morgan fingerprint density at radius 2 is 1.77 bits per heavy atom. The van der Waals surface area contributed by atoms with Crippen LogP contribution in [0.15, 0.2) is 58.3 Å². The highest BCUT2D eigenvalue weighted by Gasteiger charge is 2.34. The second kappa shape index (κ2) is 10.9. The molecule has 0 spiro atoms. The van der Waals surface area contributed by atoms with Crippen LogP contribution in [0.2, 0.25) is 5.02 Å². The van der Waals surface area contributed by atoms with E-state index >= 15 is 0 Å². The number of benzene rings is 2. The number of thioether (sulfide) groups is 1. The third-order valence-electron chi connectivity index (χ3n) is 5.71. The van der Waals surface area contributed by atoms with E-state index in [4.69, 9.17) is 11.6 Å². The lowest BCUT2D eigenvalue weighted by molar-refractivity contribution is -0.122. The van der Waals surface area contributed by atoms with Crippen molar-refractivity contribution < 1.29 is 22.8 Å². The average Bonchev–Trinajstić information content (AvgIpc) is 3.13. The second-order valence-corrected chi connectivity index (χ2v) is 11.5. The number of nitrogens with one attached hydrogen (secondary N) is 1. The van der Waals surface area contributed by atoms with Crippen LogP contribution in [-0.2, 0) is 14.8 Å². The fourth-order valence-corrected chi connectivity index (χ4v) is 6.39. The maximum atomic E-state index is 12.9. The Hall–Kier alpha value is -2.66. The molecule has 2 heterocycles. The summed E-state index contributed by atoms with van der Waals surface area (Å²) >= 11 is 6.71. The molecule has 3 amide bonds. The molecule has 2 aliphatic heterocycles. The van der Waals surface area contributed by atoms with Crippen LogP contribution in [0.5, 0.6) is 0 Å². The van der Waals surface area contributed by atoms with Gasteiger partial charge in [0, 0.05) is 36.8 Å². The second-order valence-electron chi connectivity index (χ2n) is 8.13. The molecule has 2 aliphatic rings. The lowest BCUT2D eigenvalue weighted by Gasteiger charge is -2.26. The minimum absolute atomic E-state index is 0.000131.